The molecular formula is C16H12Cl2N2. The Balaban J connectivity index is 2.36. The maximum atomic E-state index is 6.32. The normalized spacial score (nSPS) is 10.9. The van der Waals surface area contributed by atoms with Crippen molar-refractivity contribution in [1.29, 1.82) is 0 Å². The summed E-state index contributed by atoms with van der Waals surface area (Å²) in [6.07, 6.45) is 0. The van der Waals surface area contributed by atoms with Crippen molar-refractivity contribution in [3.8, 4) is 11.3 Å². The zero-order valence-corrected chi connectivity index (χ0v) is 12.3. The molecule has 0 saturated carbocycles. The summed E-state index contributed by atoms with van der Waals surface area (Å²) in [5.41, 5.74) is 10.1. The third-order valence-corrected chi connectivity index (χ3v) is 4.03. The molecular weight excluding hydrogens is 291 g/mol. The first-order valence-electron chi connectivity index (χ1n) is 6.18. The van der Waals surface area contributed by atoms with Crippen LogP contribution in [0.2, 0.25) is 10.0 Å². The van der Waals surface area contributed by atoms with E-state index in [1.807, 2.05) is 49.4 Å². The number of benzene rings is 2. The lowest BCUT2D eigenvalue weighted by molar-refractivity contribution is 1.38. The minimum absolute atomic E-state index is 0.561. The van der Waals surface area contributed by atoms with Gasteiger partial charge in [0.05, 0.1) is 21.3 Å². The van der Waals surface area contributed by atoms with Gasteiger partial charge in [0.2, 0.25) is 0 Å². The molecule has 3 aromatic rings. The zero-order valence-electron chi connectivity index (χ0n) is 10.8. The smallest absolute Gasteiger partial charge is 0.0931 e. The van der Waals surface area contributed by atoms with Crippen LogP contribution in [0, 0.1) is 6.92 Å². The molecule has 0 bridgehead atoms. The van der Waals surface area contributed by atoms with Gasteiger partial charge < -0.3 is 5.73 Å². The number of anilines is 1. The first kappa shape index (κ1) is 13.2. The lowest BCUT2D eigenvalue weighted by atomic mass is 10.1. The summed E-state index contributed by atoms with van der Waals surface area (Å²) in [5.74, 6) is 0. The van der Waals surface area contributed by atoms with Gasteiger partial charge in [0, 0.05) is 16.6 Å². The van der Waals surface area contributed by atoms with E-state index in [9.17, 15) is 0 Å². The Labute approximate surface area is 127 Å². The quantitative estimate of drug-likeness (QED) is 0.679. The van der Waals surface area contributed by atoms with Crippen molar-refractivity contribution >= 4 is 39.8 Å². The SMILES string of the molecule is Cc1cc(Cl)c2nc(-c3ccccc3)cc(N)c2c1Cl. The number of pyridine rings is 1. The summed E-state index contributed by atoms with van der Waals surface area (Å²) in [4.78, 5) is 4.61. The second-order valence-electron chi connectivity index (χ2n) is 4.68. The van der Waals surface area contributed by atoms with E-state index in [1.54, 1.807) is 0 Å². The van der Waals surface area contributed by atoms with Crippen molar-refractivity contribution < 1.29 is 0 Å². The minimum Gasteiger partial charge on any atom is -0.398 e. The third-order valence-electron chi connectivity index (χ3n) is 3.25. The number of nitrogens with zero attached hydrogens (tertiary/aromatic N) is 1. The van der Waals surface area contributed by atoms with E-state index >= 15 is 0 Å². The largest absolute Gasteiger partial charge is 0.398 e. The molecule has 0 radical (unpaired) electrons. The van der Waals surface area contributed by atoms with Crippen molar-refractivity contribution in [2.24, 2.45) is 0 Å². The van der Waals surface area contributed by atoms with E-state index < -0.39 is 0 Å². The van der Waals surface area contributed by atoms with Crippen molar-refractivity contribution in [1.82, 2.24) is 4.98 Å². The first-order valence-corrected chi connectivity index (χ1v) is 6.94. The predicted octanol–water partition coefficient (Wildman–Crippen LogP) is 5.10. The van der Waals surface area contributed by atoms with Crippen LogP contribution in [0.4, 0.5) is 5.69 Å². The Bertz CT molecular complexity index is 799. The Morgan fingerprint density at radius 3 is 2.45 bits per heavy atom. The number of rotatable bonds is 1. The van der Waals surface area contributed by atoms with Crippen molar-refractivity contribution in [3.05, 3.63) is 58.1 Å². The van der Waals surface area contributed by atoms with Gasteiger partial charge in [-0.2, -0.15) is 0 Å². The van der Waals surface area contributed by atoms with Gasteiger partial charge in [-0.1, -0.05) is 53.5 Å². The van der Waals surface area contributed by atoms with E-state index in [0.29, 0.717) is 21.2 Å². The number of aromatic nitrogens is 1. The summed E-state index contributed by atoms with van der Waals surface area (Å²) >= 11 is 12.6. The number of fused-ring (bicyclic) bond motifs is 1. The van der Waals surface area contributed by atoms with Gasteiger partial charge in [0.25, 0.3) is 0 Å². The molecule has 0 aliphatic heterocycles. The number of hydrogen-bond acceptors (Lipinski definition) is 2. The van der Waals surface area contributed by atoms with Crippen LogP contribution in [0.1, 0.15) is 5.56 Å². The Kier molecular flexibility index (Phi) is 3.28. The topological polar surface area (TPSA) is 38.9 Å². The van der Waals surface area contributed by atoms with Crippen LogP contribution in [0.5, 0.6) is 0 Å². The lowest BCUT2D eigenvalue weighted by Crippen LogP contribution is -1.95. The van der Waals surface area contributed by atoms with Crippen LogP contribution in [0.3, 0.4) is 0 Å². The van der Waals surface area contributed by atoms with E-state index in [1.165, 1.54) is 0 Å². The minimum atomic E-state index is 0.561. The van der Waals surface area contributed by atoms with Crippen molar-refractivity contribution in [3.63, 3.8) is 0 Å². The molecule has 1 heterocycles. The molecule has 0 unspecified atom stereocenters. The van der Waals surface area contributed by atoms with Crippen molar-refractivity contribution in [2.75, 3.05) is 5.73 Å². The number of nitrogens with two attached hydrogens (primary N) is 1. The fourth-order valence-corrected chi connectivity index (χ4v) is 2.80. The Morgan fingerprint density at radius 2 is 1.75 bits per heavy atom. The van der Waals surface area contributed by atoms with Gasteiger partial charge in [0.1, 0.15) is 0 Å². The molecule has 0 spiro atoms. The molecule has 0 saturated heterocycles. The summed E-state index contributed by atoms with van der Waals surface area (Å²) in [5, 5.41) is 1.89. The number of nitrogen functional groups attached to an aromatic ring is 1. The molecule has 2 N–H and O–H groups in total. The molecule has 4 heteroatoms. The van der Waals surface area contributed by atoms with Crippen LogP contribution >= 0.6 is 23.2 Å². The molecule has 1 aromatic heterocycles. The third kappa shape index (κ3) is 2.11. The number of halogens is 2. The molecule has 20 heavy (non-hydrogen) atoms. The van der Waals surface area contributed by atoms with Crippen LogP contribution in [-0.4, -0.2) is 4.98 Å². The summed E-state index contributed by atoms with van der Waals surface area (Å²) < 4.78 is 0. The second kappa shape index (κ2) is 4.97. The van der Waals surface area contributed by atoms with Gasteiger partial charge in [-0.25, -0.2) is 4.98 Å². The molecule has 0 fully saturated rings. The zero-order chi connectivity index (χ0) is 14.3. The van der Waals surface area contributed by atoms with Crippen LogP contribution in [-0.2, 0) is 0 Å². The molecule has 0 aliphatic carbocycles. The van der Waals surface area contributed by atoms with Gasteiger partial charge in [-0.05, 0) is 24.6 Å². The summed E-state index contributed by atoms with van der Waals surface area (Å²) in [6.45, 7) is 1.90. The maximum absolute atomic E-state index is 6.32. The van der Waals surface area contributed by atoms with Gasteiger partial charge in [-0.15, -0.1) is 0 Å². The van der Waals surface area contributed by atoms with Gasteiger partial charge in [0.15, 0.2) is 0 Å². The maximum Gasteiger partial charge on any atom is 0.0931 e. The van der Waals surface area contributed by atoms with E-state index in [-0.39, 0.29) is 0 Å². The van der Waals surface area contributed by atoms with Gasteiger partial charge in [-0.3, -0.25) is 0 Å². The fraction of sp³-hybridized carbons (Fsp3) is 0.0625. The monoisotopic (exact) mass is 302 g/mol. The Hall–Kier alpha value is -1.77. The molecule has 2 nitrogen and oxygen atoms in total. The van der Waals surface area contributed by atoms with Crippen LogP contribution < -0.4 is 5.73 Å². The average Bonchev–Trinajstić information content (AvgIpc) is 2.45. The highest BCUT2D eigenvalue weighted by molar-refractivity contribution is 6.41. The van der Waals surface area contributed by atoms with Gasteiger partial charge >= 0.3 is 0 Å². The highest BCUT2D eigenvalue weighted by atomic mass is 35.5. The van der Waals surface area contributed by atoms with E-state index in [2.05, 4.69) is 4.98 Å². The van der Waals surface area contributed by atoms with Crippen LogP contribution in [0.25, 0.3) is 22.2 Å². The highest BCUT2D eigenvalue weighted by Crippen LogP contribution is 2.37. The number of hydrogen-bond donors (Lipinski definition) is 1. The lowest BCUT2D eigenvalue weighted by Gasteiger charge is -2.11. The molecule has 3 rings (SSSR count). The summed E-state index contributed by atoms with van der Waals surface area (Å²) in [6, 6.07) is 13.5. The standard InChI is InChI=1S/C16H12Cl2N2/c1-9-7-11(17)16-14(15(9)18)12(19)8-13(20-16)10-5-3-2-4-6-10/h2-8H,1H3,(H2,19,20). The average molecular weight is 303 g/mol. The van der Waals surface area contributed by atoms with E-state index in [0.717, 1.165) is 22.2 Å². The highest BCUT2D eigenvalue weighted by Gasteiger charge is 2.13. The molecule has 0 amide bonds. The summed E-state index contributed by atoms with van der Waals surface area (Å²) in [7, 11) is 0. The first-order chi connectivity index (χ1) is 9.58. The molecule has 0 aliphatic rings. The molecule has 2 aromatic carbocycles. The van der Waals surface area contributed by atoms with E-state index in [4.69, 9.17) is 28.9 Å². The van der Waals surface area contributed by atoms with Crippen molar-refractivity contribution in [2.45, 2.75) is 6.92 Å². The van der Waals surface area contributed by atoms with Crippen LogP contribution in [0.15, 0.2) is 42.5 Å². The predicted molar refractivity (Wildman–Crippen MR) is 86.3 cm³/mol. The molecule has 100 valence electrons. The second-order valence-corrected chi connectivity index (χ2v) is 5.46. The fourth-order valence-electron chi connectivity index (χ4n) is 2.24. The number of aryl methyl sites for hydroxylation is 1. The molecule has 0 atom stereocenters. The Morgan fingerprint density at radius 1 is 1.05 bits per heavy atom.